The molecular formula is C31H40. The van der Waals surface area contributed by atoms with Gasteiger partial charge in [0, 0.05) is 0 Å². The maximum atomic E-state index is 2.36. The largest absolute Gasteiger partial charge is 0.0654 e. The molecule has 0 heteroatoms. The van der Waals surface area contributed by atoms with E-state index in [1.807, 2.05) is 0 Å². The van der Waals surface area contributed by atoms with Crippen molar-refractivity contribution in [3.8, 4) is 11.1 Å². The van der Waals surface area contributed by atoms with Gasteiger partial charge in [0.15, 0.2) is 0 Å². The molecule has 0 spiro atoms. The van der Waals surface area contributed by atoms with Crippen molar-refractivity contribution in [3.63, 3.8) is 0 Å². The Hall–Kier alpha value is -2.08. The van der Waals surface area contributed by atoms with Crippen molar-refractivity contribution >= 4 is 10.8 Å². The van der Waals surface area contributed by atoms with E-state index in [2.05, 4.69) is 74.5 Å². The van der Waals surface area contributed by atoms with Crippen LogP contribution in [0.3, 0.4) is 0 Å². The Kier molecular flexibility index (Phi) is 7.84. The molecule has 31 heavy (non-hydrogen) atoms. The number of fused-ring (bicyclic) bond motifs is 1. The fourth-order valence-corrected chi connectivity index (χ4v) is 5.42. The van der Waals surface area contributed by atoms with Crippen LogP contribution in [0.2, 0.25) is 0 Å². The van der Waals surface area contributed by atoms with Crippen molar-refractivity contribution in [3.05, 3.63) is 71.8 Å². The molecule has 0 N–H and O–H groups in total. The van der Waals surface area contributed by atoms with Crippen LogP contribution in [-0.2, 0) is 12.8 Å². The number of unbranched alkanes of at least 4 members (excludes halogenated alkanes) is 2. The van der Waals surface area contributed by atoms with Crippen molar-refractivity contribution in [2.24, 2.45) is 11.8 Å². The fraction of sp³-hybridized carbons (Fsp3) is 0.484. The molecule has 0 radical (unpaired) electrons. The van der Waals surface area contributed by atoms with Gasteiger partial charge in [0.2, 0.25) is 0 Å². The van der Waals surface area contributed by atoms with Crippen molar-refractivity contribution in [2.75, 3.05) is 0 Å². The van der Waals surface area contributed by atoms with Gasteiger partial charge in [0.25, 0.3) is 0 Å². The maximum absolute atomic E-state index is 2.36. The molecule has 4 rings (SSSR count). The van der Waals surface area contributed by atoms with Crippen LogP contribution in [0, 0.1) is 11.8 Å². The smallest absolute Gasteiger partial charge is 0.0178 e. The van der Waals surface area contributed by atoms with Gasteiger partial charge in [0.05, 0.1) is 0 Å². The van der Waals surface area contributed by atoms with Crippen molar-refractivity contribution in [1.82, 2.24) is 0 Å². The highest BCUT2D eigenvalue weighted by molar-refractivity contribution is 5.87. The summed E-state index contributed by atoms with van der Waals surface area (Å²) in [6, 6.07) is 23.1. The molecule has 1 aliphatic rings. The molecule has 0 bridgehead atoms. The van der Waals surface area contributed by atoms with E-state index in [0.717, 1.165) is 18.3 Å². The van der Waals surface area contributed by atoms with E-state index < -0.39 is 0 Å². The molecule has 0 aliphatic heterocycles. The van der Waals surface area contributed by atoms with Gasteiger partial charge in [-0.2, -0.15) is 0 Å². The predicted molar refractivity (Wildman–Crippen MR) is 137 cm³/mol. The minimum absolute atomic E-state index is 0.954. The Morgan fingerprint density at radius 2 is 1.23 bits per heavy atom. The molecule has 3 aromatic carbocycles. The van der Waals surface area contributed by atoms with Gasteiger partial charge in [0.1, 0.15) is 0 Å². The third-order valence-electron chi connectivity index (χ3n) is 7.62. The molecule has 0 atom stereocenters. The van der Waals surface area contributed by atoms with Crippen LogP contribution in [0.15, 0.2) is 60.7 Å². The van der Waals surface area contributed by atoms with Crippen molar-refractivity contribution in [1.29, 1.82) is 0 Å². The zero-order valence-electron chi connectivity index (χ0n) is 19.7. The first-order valence-electron chi connectivity index (χ1n) is 12.9. The Balaban J connectivity index is 1.29. The van der Waals surface area contributed by atoms with Crippen LogP contribution in [0.5, 0.6) is 0 Å². The first-order chi connectivity index (χ1) is 15.2. The Morgan fingerprint density at radius 1 is 0.613 bits per heavy atom. The van der Waals surface area contributed by atoms with E-state index >= 15 is 0 Å². The normalized spacial score (nSPS) is 19.0. The zero-order chi connectivity index (χ0) is 21.5. The number of hydrogen-bond acceptors (Lipinski definition) is 0. The zero-order valence-corrected chi connectivity index (χ0v) is 19.7. The van der Waals surface area contributed by atoms with Gasteiger partial charge in [-0.15, -0.1) is 0 Å². The van der Waals surface area contributed by atoms with Gasteiger partial charge in [-0.05, 0) is 70.2 Å². The van der Waals surface area contributed by atoms with E-state index in [-0.39, 0.29) is 0 Å². The lowest BCUT2D eigenvalue weighted by molar-refractivity contribution is 0.249. The standard InChI is InChI=1S/C31H40/c1-3-5-6-7-25-8-10-26(11-9-25)12-13-27-15-17-28(18-16-27)30-21-20-29-22-24(4-2)14-19-31(29)23-30/h14-23,25-26H,3-13H2,1-2H3. The molecule has 1 fully saturated rings. The SMILES string of the molecule is CCCCCC1CCC(CCc2ccc(-c3ccc4cc(CC)ccc4c3)cc2)CC1. The third kappa shape index (κ3) is 6.00. The van der Waals surface area contributed by atoms with Crippen molar-refractivity contribution in [2.45, 2.75) is 84.5 Å². The minimum atomic E-state index is 0.954. The maximum Gasteiger partial charge on any atom is -0.0178 e. The third-order valence-corrected chi connectivity index (χ3v) is 7.62. The molecule has 1 saturated carbocycles. The first-order valence-corrected chi connectivity index (χ1v) is 12.9. The molecule has 164 valence electrons. The Bertz CT molecular complexity index is 941. The van der Waals surface area contributed by atoms with Crippen LogP contribution in [0.25, 0.3) is 21.9 Å². The molecular weight excluding hydrogens is 372 g/mol. The number of benzene rings is 3. The van der Waals surface area contributed by atoms with Crippen LogP contribution in [-0.4, -0.2) is 0 Å². The minimum Gasteiger partial charge on any atom is -0.0654 e. The predicted octanol–water partition coefficient (Wildman–Crippen LogP) is 9.39. The van der Waals surface area contributed by atoms with Gasteiger partial charge in [-0.25, -0.2) is 0 Å². The van der Waals surface area contributed by atoms with Crippen LogP contribution in [0.1, 0.15) is 82.8 Å². The van der Waals surface area contributed by atoms with Gasteiger partial charge in [-0.3, -0.25) is 0 Å². The lowest BCUT2D eigenvalue weighted by atomic mass is 9.78. The number of aryl methyl sites for hydroxylation is 2. The van der Waals surface area contributed by atoms with E-state index in [1.165, 1.54) is 97.2 Å². The molecule has 0 saturated heterocycles. The molecule has 0 unspecified atom stereocenters. The second-order valence-corrected chi connectivity index (χ2v) is 9.87. The van der Waals surface area contributed by atoms with E-state index in [0.29, 0.717) is 0 Å². The molecule has 0 nitrogen and oxygen atoms in total. The summed E-state index contributed by atoms with van der Waals surface area (Å²) in [6.45, 7) is 4.53. The van der Waals surface area contributed by atoms with Gasteiger partial charge >= 0.3 is 0 Å². The second kappa shape index (κ2) is 11.0. The second-order valence-electron chi connectivity index (χ2n) is 9.87. The van der Waals surface area contributed by atoms with E-state index in [1.54, 1.807) is 0 Å². The summed E-state index contributed by atoms with van der Waals surface area (Å²) in [5.74, 6) is 1.98. The summed E-state index contributed by atoms with van der Waals surface area (Å²) < 4.78 is 0. The molecule has 3 aromatic rings. The van der Waals surface area contributed by atoms with Gasteiger partial charge < -0.3 is 0 Å². The summed E-state index contributed by atoms with van der Waals surface area (Å²) in [5.41, 5.74) is 5.57. The summed E-state index contributed by atoms with van der Waals surface area (Å²) >= 11 is 0. The fourth-order valence-electron chi connectivity index (χ4n) is 5.42. The number of hydrogen-bond donors (Lipinski definition) is 0. The summed E-state index contributed by atoms with van der Waals surface area (Å²) in [4.78, 5) is 0. The molecule has 0 amide bonds. The quantitative estimate of drug-likeness (QED) is 0.307. The highest BCUT2D eigenvalue weighted by atomic mass is 14.3. The Labute approximate surface area is 190 Å². The topological polar surface area (TPSA) is 0 Å². The lowest BCUT2D eigenvalue weighted by Crippen LogP contribution is -2.15. The average molecular weight is 413 g/mol. The molecule has 0 heterocycles. The van der Waals surface area contributed by atoms with Gasteiger partial charge in [-0.1, -0.05) is 120 Å². The van der Waals surface area contributed by atoms with E-state index in [4.69, 9.17) is 0 Å². The lowest BCUT2D eigenvalue weighted by Gasteiger charge is -2.28. The monoisotopic (exact) mass is 412 g/mol. The Morgan fingerprint density at radius 3 is 1.94 bits per heavy atom. The highest BCUT2D eigenvalue weighted by Crippen LogP contribution is 2.34. The van der Waals surface area contributed by atoms with Crippen LogP contribution >= 0.6 is 0 Å². The highest BCUT2D eigenvalue weighted by Gasteiger charge is 2.20. The van der Waals surface area contributed by atoms with Crippen molar-refractivity contribution < 1.29 is 0 Å². The van der Waals surface area contributed by atoms with E-state index in [9.17, 15) is 0 Å². The van der Waals surface area contributed by atoms with Crippen LogP contribution in [0.4, 0.5) is 0 Å². The molecule has 0 aromatic heterocycles. The van der Waals surface area contributed by atoms with Crippen LogP contribution < -0.4 is 0 Å². The first kappa shape index (κ1) is 22.1. The summed E-state index contributed by atoms with van der Waals surface area (Å²) in [5, 5.41) is 2.68. The average Bonchev–Trinajstić information content (AvgIpc) is 2.83. The molecule has 1 aliphatic carbocycles. The summed E-state index contributed by atoms with van der Waals surface area (Å²) in [7, 11) is 0. The summed E-state index contributed by atoms with van der Waals surface area (Å²) in [6.07, 6.45) is 15.3. The number of rotatable bonds is 9.